The minimum atomic E-state index is 0.320. The fourth-order valence-electron chi connectivity index (χ4n) is 1.68. The molecule has 3 aromatic rings. The molecule has 0 amide bonds. The summed E-state index contributed by atoms with van der Waals surface area (Å²) in [6, 6.07) is 9.41. The van der Waals surface area contributed by atoms with E-state index in [1.807, 2.05) is 36.5 Å². The Morgan fingerprint density at radius 2 is 2.10 bits per heavy atom. The van der Waals surface area contributed by atoms with Crippen molar-refractivity contribution in [2.45, 2.75) is 6.67 Å². The van der Waals surface area contributed by atoms with E-state index in [1.165, 1.54) is 0 Å². The van der Waals surface area contributed by atoms with Crippen LogP contribution in [0, 0.1) is 4.84 Å². The van der Waals surface area contributed by atoms with Crippen LogP contribution in [-0.4, -0.2) is 14.8 Å². The second-order valence-corrected chi connectivity index (χ2v) is 4.37. The van der Waals surface area contributed by atoms with Gasteiger partial charge in [-0.2, -0.15) is 4.68 Å². The van der Waals surface area contributed by atoms with E-state index < -0.39 is 0 Å². The molecule has 0 spiro atoms. The molecule has 2 N–H and O–H groups in total. The number of aromatic amines is 1. The summed E-state index contributed by atoms with van der Waals surface area (Å²) in [5.74, 6) is 1.36. The highest BCUT2D eigenvalue weighted by Crippen LogP contribution is 2.16. The monoisotopic (exact) mass is 286 g/mol. The number of pyridine rings is 2. The van der Waals surface area contributed by atoms with Crippen molar-refractivity contribution in [2.24, 2.45) is 0 Å². The van der Waals surface area contributed by atoms with Crippen molar-refractivity contribution < 1.29 is 9.40 Å². The quantitative estimate of drug-likeness (QED) is 0.744. The average Bonchev–Trinajstić information content (AvgIpc) is 2.88. The Kier molecular flexibility index (Phi) is 3.51. The highest BCUT2D eigenvalue weighted by atomic mass is 32.1. The van der Waals surface area contributed by atoms with Crippen LogP contribution in [0.5, 0.6) is 0 Å². The van der Waals surface area contributed by atoms with Crippen molar-refractivity contribution >= 4 is 18.0 Å². The third kappa shape index (κ3) is 2.72. The summed E-state index contributed by atoms with van der Waals surface area (Å²) in [5, 5.41) is 7.51. The van der Waals surface area contributed by atoms with Crippen molar-refractivity contribution in [2.75, 3.05) is 5.32 Å². The summed E-state index contributed by atoms with van der Waals surface area (Å²) in [5.41, 5.74) is 0.844. The van der Waals surface area contributed by atoms with E-state index in [0.29, 0.717) is 17.4 Å². The molecule has 3 aromatic heterocycles. The van der Waals surface area contributed by atoms with Crippen molar-refractivity contribution in [1.82, 2.24) is 14.8 Å². The van der Waals surface area contributed by atoms with Gasteiger partial charge < -0.3 is 4.42 Å². The molecule has 0 saturated carbocycles. The normalized spacial score (nSPS) is 10.4. The van der Waals surface area contributed by atoms with Crippen LogP contribution in [0.1, 0.15) is 0 Å². The van der Waals surface area contributed by atoms with Gasteiger partial charge in [-0.25, -0.2) is 4.98 Å². The lowest BCUT2D eigenvalue weighted by molar-refractivity contribution is -0.361. The van der Waals surface area contributed by atoms with Crippen LogP contribution in [-0.2, 0) is 6.67 Å². The maximum Gasteiger partial charge on any atom is 0.290 e. The van der Waals surface area contributed by atoms with Gasteiger partial charge in [-0.05, 0) is 30.4 Å². The summed E-state index contributed by atoms with van der Waals surface area (Å²) in [4.78, 5) is 7.35. The van der Waals surface area contributed by atoms with Gasteiger partial charge in [-0.1, -0.05) is 6.07 Å². The molecule has 0 aliphatic carbocycles. The molecule has 0 saturated heterocycles. The van der Waals surface area contributed by atoms with Crippen LogP contribution in [0.3, 0.4) is 0 Å². The number of aromatic nitrogens is 4. The SMILES string of the molecule is S=c1oc(-c2ccncc2)nn1CNc1cccc[nH+]1. The second kappa shape index (κ2) is 5.62. The number of nitrogens with zero attached hydrogens (tertiary/aromatic N) is 3. The van der Waals surface area contributed by atoms with Gasteiger partial charge in [0, 0.05) is 24.0 Å². The van der Waals surface area contributed by atoms with Crippen molar-refractivity contribution in [1.29, 1.82) is 0 Å². The van der Waals surface area contributed by atoms with Crippen molar-refractivity contribution in [3.05, 3.63) is 53.8 Å². The molecule has 100 valence electrons. The van der Waals surface area contributed by atoms with Gasteiger partial charge in [0.2, 0.25) is 5.89 Å². The number of anilines is 1. The third-order valence-electron chi connectivity index (χ3n) is 2.66. The van der Waals surface area contributed by atoms with Gasteiger partial charge in [0.05, 0.1) is 6.20 Å². The molecule has 0 radical (unpaired) electrons. The molecular formula is C13H12N5OS+. The fourth-order valence-corrected chi connectivity index (χ4v) is 1.86. The van der Waals surface area contributed by atoms with Crippen molar-refractivity contribution in [3.8, 4) is 11.5 Å². The van der Waals surface area contributed by atoms with E-state index in [4.69, 9.17) is 16.6 Å². The summed E-state index contributed by atoms with van der Waals surface area (Å²) in [7, 11) is 0. The predicted octanol–water partition coefficient (Wildman–Crippen LogP) is 2.15. The molecule has 3 heterocycles. The molecule has 0 unspecified atom stereocenters. The van der Waals surface area contributed by atoms with Crippen LogP contribution in [0.15, 0.2) is 53.3 Å². The van der Waals surface area contributed by atoms with Gasteiger partial charge in [0.1, 0.15) is 0 Å². The Balaban J connectivity index is 1.78. The zero-order chi connectivity index (χ0) is 13.8. The maximum atomic E-state index is 5.48. The molecular weight excluding hydrogens is 274 g/mol. The summed E-state index contributed by atoms with van der Waals surface area (Å²) in [6.45, 7) is 0.425. The lowest BCUT2D eigenvalue weighted by Gasteiger charge is -1.97. The lowest BCUT2D eigenvalue weighted by Crippen LogP contribution is -2.16. The molecule has 0 aliphatic rings. The highest BCUT2D eigenvalue weighted by molar-refractivity contribution is 7.71. The number of hydrogen-bond acceptors (Lipinski definition) is 5. The maximum absolute atomic E-state index is 5.48. The third-order valence-corrected chi connectivity index (χ3v) is 2.96. The molecule has 0 aliphatic heterocycles. The molecule has 0 atom stereocenters. The molecule has 6 nitrogen and oxygen atoms in total. The molecule has 0 bridgehead atoms. The Bertz CT molecular complexity index is 738. The Hall–Kier alpha value is -2.54. The van der Waals surface area contributed by atoms with E-state index in [1.54, 1.807) is 17.1 Å². The fraction of sp³-hybridized carbons (Fsp3) is 0.0769. The first-order valence-electron chi connectivity index (χ1n) is 6.02. The first kappa shape index (κ1) is 12.5. The first-order chi connectivity index (χ1) is 9.83. The number of rotatable bonds is 4. The van der Waals surface area contributed by atoms with E-state index in [9.17, 15) is 0 Å². The summed E-state index contributed by atoms with van der Waals surface area (Å²) >= 11 is 5.16. The molecule has 7 heteroatoms. The van der Waals surface area contributed by atoms with Gasteiger partial charge in [0.15, 0.2) is 6.67 Å². The van der Waals surface area contributed by atoms with Gasteiger partial charge in [0.25, 0.3) is 10.7 Å². The molecule has 3 rings (SSSR count). The molecule has 0 aromatic carbocycles. The zero-order valence-corrected chi connectivity index (χ0v) is 11.3. The number of hydrogen-bond donors (Lipinski definition) is 1. The van der Waals surface area contributed by atoms with Crippen LogP contribution in [0.4, 0.5) is 5.82 Å². The van der Waals surface area contributed by atoms with E-state index in [0.717, 1.165) is 11.4 Å². The van der Waals surface area contributed by atoms with E-state index in [-0.39, 0.29) is 0 Å². The standard InChI is InChI=1S/C13H11N5OS/c20-13-18(9-16-11-3-1-2-6-15-11)17-12(19-13)10-4-7-14-8-5-10/h1-8H,9H2,(H,15,16)/p+1. The van der Waals surface area contributed by atoms with E-state index in [2.05, 4.69) is 20.4 Å². The van der Waals surface area contributed by atoms with Crippen LogP contribution in [0.2, 0.25) is 0 Å². The summed E-state index contributed by atoms with van der Waals surface area (Å²) < 4.78 is 7.07. The predicted molar refractivity (Wildman–Crippen MR) is 75.2 cm³/mol. The van der Waals surface area contributed by atoms with Crippen molar-refractivity contribution in [3.63, 3.8) is 0 Å². The minimum absolute atomic E-state index is 0.320. The highest BCUT2D eigenvalue weighted by Gasteiger charge is 2.09. The molecule has 20 heavy (non-hydrogen) atoms. The van der Waals surface area contributed by atoms with E-state index >= 15 is 0 Å². The smallest absolute Gasteiger partial charge is 0.290 e. The van der Waals surface area contributed by atoms with Gasteiger partial charge in [-0.15, -0.1) is 5.10 Å². The first-order valence-corrected chi connectivity index (χ1v) is 6.43. The largest absolute Gasteiger partial charge is 0.409 e. The lowest BCUT2D eigenvalue weighted by atomic mass is 10.3. The summed E-state index contributed by atoms with van der Waals surface area (Å²) in [6.07, 6.45) is 5.21. The zero-order valence-electron chi connectivity index (χ0n) is 10.5. The van der Waals surface area contributed by atoms with Gasteiger partial charge in [-0.3, -0.25) is 10.3 Å². The van der Waals surface area contributed by atoms with Crippen LogP contribution < -0.4 is 10.3 Å². The Morgan fingerprint density at radius 1 is 1.25 bits per heavy atom. The number of nitrogens with one attached hydrogen (secondary N) is 2. The second-order valence-electron chi connectivity index (χ2n) is 4.02. The average molecular weight is 286 g/mol. The Morgan fingerprint density at radius 3 is 2.85 bits per heavy atom. The number of H-pyrrole nitrogens is 1. The Labute approximate surface area is 120 Å². The topological polar surface area (TPSA) is 70.0 Å². The van der Waals surface area contributed by atoms with Crippen LogP contribution >= 0.6 is 12.2 Å². The minimum Gasteiger partial charge on any atom is -0.409 e. The molecule has 0 fully saturated rings. The van der Waals surface area contributed by atoms with Gasteiger partial charge >= 0.3 is 0 Å². The van der Waals surface area contributed by atoms with Crippen LogP contribution in [0.25, 0.3) is 11.5 Å².